The molecule has 6 heteroatoms. The summed E-state index contributed by atoms with van der Waals surface area (Å²) in [7, 11) is 0. The predicted octanol–water partition coefficient (Wildman–Crippen LogP) is 3.21. The summed E-state index contributed by atoms with van der Waals surface area (Å²) in [6, 6.07) is 0. The molecule has 0 aliphatic heterocycles. The van der Waals surface area contributed by atoms with Crippen LogP contribution in [0.2, 0.25) is 0 Å². The number of rotatable bonds is 2. The monoisotopic (exact) mass is 288 g/mol. The van der Waals surface area contributed by atoms with Crippen LogP contribution in [0.15, 0.2) is 22.6 Å². The minimum Gasteiger partial charge on any atom is -0.392 e. The van der Waals surface area contributed by atoms with Crippen molar-refractivity contribution in [1.29, 1.82) is 0 Å². The van der Waals surface area contributed by atoms with Crippen molar-refractivity contribution >= 4 is 27.7 Å². The molecule has 0 amide bonds. The number of hydrogen-bond donors (Lipinski definition) is 1. The van der Waals surface area contributed by atoms with E-state index >= 15 is 0 Å². The number of halogens is 4. The molecule has 1 atom stereocenters. The van der Waals surface area contributed by atoms with Gasteiger partial charge in [-0.05, 0) is 23.8 Å². The van der Waals surface area contributed by atoms with E-state index in [1.807, 2.05) is 0 Å². The van der Waals surface area contributed by atoms with E-state index in [4.69, 9.17) is 5.11 Å². The third kappa shape index (κ3) is 3.67. The van der Waals surface area contributed by atoms with Crippen LogP contribution in [0.4, 0.5) is 13.2 Å². The Morgan fingerprint density at radius 2 is 2.21 bits per heavy atom. The van der Waals surface area contributed by atoms with Crippen LogP contribution in [-0.2, 0) is 0 Å². The molecule has 80 valence electrons. The lowest BCUT2D eigenvalue weighted by atomic mass is 10.1. The SMILES string of the molecule is OCC1=C(SC(F)(F)F)C=CC(Br)C1. The molecule has 0 saturated carbocycles. The molecule has 1 aliphatic carbocycles. The van der Waals surface area contributed by atoms with E-state index in [2.05, 4.69) is 15.9 Å². The summed E-state index contributed by atoms with van der Waals surface area (Å²) >= 11 is 3.08. The largest absolute Gasteiger partial charge is 0.446 e. The molecule has 1 nitrogen and oxygen atoms in total. The number of aliphatic hydroxyl groups is 1. The van der Waals surface area contributed by atoms with Gasteiger partial charge in [-0.15, -0.1) is 0 Å². The van der Waals surface area contributed by atoms with Gasteiger partial charge in [0, 0.05) is 9.73 Å². The Labute approximate surface area is 92.2 Å². The highest BCUT2D eigenvalue weighted by molar-refractivity contribution is 9.09. The standard InChI is InChI=1S/C8H8BrF3OS/c9-6-1-2-7(5(3-6)4-13)14-8(10,11)12/h1-2,6,13H,3-4H2. The summed E-state index contributed by atoms with van der Waals surface area (Å²) in [5.74, 6) is 0. The fourth-order valence-electron chi connectivity index (χ4n) is 1.09. The van der Waals surface area contributed by atoms with E-state index in [1.54, 1.807) is 6.08 Å². The van der Waals surface area contributed by atoms with E-state index < -0.39 is 5.51 Å². The Kier molecular flexibility index (Phi) is 4.09. The van der Waals surface area contributed by atoms with Crippen molar-refractivity contribution in [2.24, 2.45) is 0 Å². The second-order valence-corrected chi connectivity index (χ2v) is 5.04. The van der Waals surface area contributed by atoms with Gasteiger partial charge < -0.3 is 5.11 Å². The molecule has 0 aromatic heterocycles. The predicted molar refractivity (Wildman–Crippen MR) is 54.2 cm³/mol. The molecular formula is C8H8BrF3OS. The highest BCUT2D eigenvalue weighted by Gasteiger charge is 2.31. The molecule has 0 radical (unpaired) electrons. The third-order valence-corrected chi connectivity index (χ3v) is 3.17. The maximum absolute atomic E-state index is 12.0. The third-order valence-electron chi connectivity index (χ3n) is 1.66. The van der Waals surface area contributed by atoms with E-state index in [-0.39, 0.29) is 28.1 Å². The van der Waals surface area contributed by atoms with Crippen molar-refractivity contribution in [2.45, 2.75) is 16.8 Å². The number of alkyl halides is 4. The molecule has 14 heavy (non-hydrogen) atoms. The summed E-state index contributed by atoms with van der Waals surface area (Å²) in [6.07, 6.45) is 3.46. The lowest BCUT2D eigenvalue weighted by Gasteiger charge is -2.17. The van der Waals surface area contributed by atoms with Gasteiger partial charge in [-0.2, -0.15) is 13.2 Å². The number of allylic oxidation sites excluding steroid dienone is 2. The lowest BCUT2D eigenvalue weighted by molar-refractivity contribution is -0.0321. The summed E-state index contributed by atoms with van der Waals surface area (Å²) < 4.78 is 36.1. The first kappa shape index (κ1) is 12.1. The zero-order valence-corrected chi connectivity index (χ0v) is 9.42. The van der Waals surface area contributed by atoms with Gasteiger partial charge in [-0.25, -0.2) is 0 Å². The zero-order valence-electron chi connectivity index (χ0n) is 7.01. The van der Waals surface area contributed by atoms with Crippen molar-refractivity contribution in [3.63, 3.8) is 0 Å². The molecule has 0 spiro atoms. The van der Waals surface area contributed by atoms with Crippen molar-refractivity contribution in [3.8, 4) is 0 Å². The van der Waals surface area contributed by atoms with Gasteiger partial charge in [-0.1, -0.05) is 28.1 Å². The fraction of sp³-hybridized carbons (Fsp3) is 0.500. The van der Waals surface area contributed by atoms with Gasteiger partial charge in [0.25, 0.3) is 0 Å². The van der Waals surface area contributed by atoms with Crippen molar-refractivity contribution < 1.29 is 18.3 Å². The molecule has 0 bridgehead atoms. The van der Waals surface area contributed by atoms with Gasteiger partial charge in [0.1, 0.15) is 0 Å². The Balaban J connectivity index is 2.79. The van der Waals surface area contributed by atoms with Gasteiger partial charge in [0.2, 0.25) is 0 Å². The zero-order chi connectivity index (χ0) is 10.8. The van der Waals surface area contributed by atoms with E-state index in [0.717, 1.165) is 0 Å². The first-order valence-electron chi connectivity index (χ1n) is 3.83. The van der Waals surface area contributed by atoms with Crippen LogP contribution in [0.3, 0.4) is 0 Å². The van der Waals surface area contributed by atoms with Crippen molar-refractivity contribution in [1.82, 2.24) is 0 Å². The maximum Gasteiger partial charge on any atom is 0.446 e. The Bertz CT molecular complexity index is 272. The topological polar surface area (TPSA) is 20.2 Å². The van der Waals surface area contributed by atoms with Gasteiger partial charge in [-0.3, -0.25) is 0 Å². The van der Waals surface area contributed by atoms with Crippen LogP contribution in [0.5, 0.6) is 0 Å². The van der Waals surface area contributed by atoms with E-state index in [9.17, 15) is 13.2 Å². The first-order chi connectivity index (χ1) is 6.42. The molecule has 0 aromatic rings. The maximum atomic E-state index is 12.0. The normalized spacial score (nSPS) is 23.1. The summed E-state index contributed by atoms with van der Waals surface area (Å²) in [4.78, 5) is 0.123. The molecule has 1 aliphatic rings. The van der Waals surface area contributed by atoms with Crippen LogP contribution >= 0.6 is 27.7 Å². The molecule has 1 unspecified atom stereocenters. The van der Waals surface area contributed by atoms with Crippen LogP contribution in [-0.4, -0.2) is 22.0 Å². The Morgan fingerprint density at radius 1 is 1.57 bits per heavy atom. The minimum absolute atomic E-state index is 0.0160. The molecule has 0 aromatic carbocycles. The minimum atomic E-state index is -4.29. The molecular weight excluding hydrogens is 281 g/mol. The average molecular weight is 289 g/mol. The fourth-order valence-corrected chi connectivity index (χ4v) is 2.32. The first-order valence-corrected chi connectivity index (χ1v) is 5.56. The lowest BCUT2D eigenvalue weighted by Crippen LogP contribution is -2.09. The van der Waals surface area contributed by atoms with Gasteiger partial charge >= 0.3 is 5.51 Å². The summed E-state index contributed by atoms with van der Waals surface area (Å²) in [6.45, 7) is -0.329. The van der Waals surface area contributed by atoms with Gasteiger partial charge in [0.15, 0.2) is 0 Å². The second-order valence-electron chi connectivity index (χ2n) is 2.75. The van der Waals surface area contributed by atoms with Crippen molar-refractivity contribution in [2.75, 3.05) is 6.61 Å². The van der Waals surface area contributed by atoms with Crippen LogP contribution in [0.1, 0.15) is 6.42 Å². The van der Waals surface area contributed by atoms with Crippen LogP contribution < -0.4 is 0 Å². The second kappa shape index (κ2) is 4.72. The van der Waals surface area contributed by atoms with Crippen LogP contribution in [0, 0.1) is 0 Å². The number of aliphatic hydroxyl groups excluding tert-OH is 1. The summed E-state index contributed by atoms with van der Waals surface area (Å²) in [5, 5.41) is 8.88. The molecule has 0 fully saturated rings. The number of hydrogen-bond acceptors (Lipinski definition) is 2. The highest BCUT2D eigenvalue weighted by atomic mass is 79.9. The molecule has 0 saturated heterocycles. The molecule has 1 rings (SSSR count). The van der Waals surface area contributed by atoms with Crippen molar-refractivity contribution in [3.05, 3.63) is 22.6 Å². The summed E-state index contributed by atoms with van der Waals surface area (Å²) in [5.41, 5.74) is -3.86. The van der Waals surface area contributed by atoms with E-state index in [1.165, 1.54) is 6.08 Å². The average Bonchev–Trinajstić information content (AvgIpc) is 2.06. The Morgan fingerprint density at radius 3 is 2.71 bits per heavy atom. The molecule has 0 heterocycles. The number of thioether (sulfide) groups is 1. The van der Waals surface area contributed by atoms with E-state index in [0.29, 0.717) is 12.0 Å². The van der Waals surface area contributed by atoms with Gasteiger partial charge in [0.05, 0.1) is 6.61 Å². The highest BCUT2D eigenvalue weighted by Crippen LogP contribution is 2.41. The van der Waals surface area contributed by atoms with Crippen LogP contribution in [0.25, 0.3) is 0 Å². The quantitative estimate of drug-likeness (QED) is 0.788. The smallest absolute Gasteiger partial charge is 0.392 e. The Hall–Kier alpha value is 0.0600. The molecule has 1 N–H and O–H groups in total.